The molecule has 1 amide bonds. The third kappa shape index (κ3) is 5.08. The summed E-state index contributed by atoms with van der Waals surface area (Å²) >= 11 is 12.2. The lowest BCUT2D eigenvalue weighted by Gasteiger charge is -2.19. The molecular formula is C21H23Cl2NO3. The number of carbonyl (C=O) groups is 3. The monoisotopic (exact) mass is 407 g/mol. The van der Waals surface area contributed by atoms with E-state index >= 15 is 0 Å². The zero-order valence-electron chi connectivity index (χ0n) is 15.7. The first kappa shape index (κ1) is 21.4. The molecule has 1 aliphatic carbocycles. The van der Waals surface area contributed by atoms with Gasteiger partial charge < -0.3 is 5.32 Å². The minimum atomic E-state index is -0.521. The molecule has 27 heavy (non-hydrogen) atoms. The Bertz CT molecular complexity index is 818. The lowest BCUT2D eigenvalue weighted by molar-refractivity contribution is -0.128. The van der Waals surface area contributed by atoms with E-state index in [2.05, 4.69) is 5.32 Å². The summed E-state index contributed by atoms with van der Waals surface area (Å²) in [6, 6.07) is 8.86. The summed E-state index contributed by atoms with van der Waals surface area (Å²) < 4.78 is 0. The van der Waals surface area contributed by atoms with Gasteiger partial charge in [-0.2, -0.15) is 0 Å². The number of halogens is 2. The van der Waals surface area contributed by atoms with Crippen LogP contribution in [-0.4, -0.2) is 24.0 Å². The van der Waals surface area contributed by atoms with E-state index < -0.39 is 11.2 Å². The zero-order valence-corrected chi connectivity index (χ0v) is 17.2. The van der Waals surface area contributed by atoms with Gasteiger partial charge in [-0.15, -0.1) is 0 Å². The van der Waals surface area contributed by atoms with Gasteiger partial charge in [0.05, 0.1) is 10.6 Å². The van der Waals surface area contributed by atoms with E-state index in [9.17, 15) is 14.4 Å². The third-order valence-corrected chi connectivity index (χ3v) is 5.03. The van der Waals surface area contributed by atoms with Gasteiger partial charge in [0.2, 0.25) is 11.7 Å². The van der Waals surface area contributed by atoms with E-state index in [1.807, 2.05) is 26.8 Å². The molecule has 1 aromatic rings. The highest BCUT2D eigenvalue weighted by molar-refractivity contribution is 6.63. The van der Waals surface area contributed by atoms with Gasteiger partial charge in [-0.3, -0.25) is 14.4 Å². The molecule has 1 aromatic carbocycles. The second-order valence-electron chi connectivity index (χ2n) is 7.47. The number of benzene rings is 1. The van der Waals surface area contributed by atoms with Crippen molar-refractivity contribution in [3.63, 3.8) is 0 Å². The summed E-state index contributed by atoms with van der Waals surface area (Å²) in [5.74, 6) is -0.855. The van der Waals surface area contributed by atoms with Crippen LogP contribution in [0.3, 0.4) is 0 Å². The molecule has 0 bridgehead atoms. The van der Waals surface area contributed by atoms with Crippen molar-refractivity contribution in [3.8, 4) is 0 Å². The average molecular weight is 408 g/mol. The highest BCUT2D eigenvalue weighted by Crippen LogP contribution is 2.36. The number of carbonyl (C=O) groups excluding carboxylic acids is 3. The van der Waals surface area contributed by atoms with Crippen molar-refractivity contribution in [2.24, 2.45) is 5.41 Å². The fourth-order valence-corrected chi connectivity index (χ4v) is 3.29. The van der Waals surface area contributed by atoms with Crippen LogP contribution < -0.4 is 5.32 Å². The minimum absolute atomic E-state index is 0.0234. The minimum Gasteiger partial charge on any atom is -0.356 e. The number of nitrogens with one attached hydrogen (secondary N) is 1. The van der Waals surface area contributed by atoms with Crippen LogP contribution in [0.4, 0.5) is 0 Å². The van der Waals surface area contributed by atoms with Gasteiger partial charge in [0, 0.05) is 17.5 Å². The normalized spacial score (nSPS) is 15.4. The van der Waals surface area contributed by atoms with Crippen molar-refractivity contribution in [1.82, 2.24) is 5.32 Å². The summed E-state index contributed by atoms with van der Waals surface area (Å²) in [5.41, 5.74) is 0.638. The van der Waals surface area contributed by atoms with Gasteiger partial charge in [0.25, 0.3) is 0 Å². The van der Waals surface area contributed by atoms with E-state index in [1.165, 1.54) is 0 Å². The Balaban J connectivity index is 2.04. The standard InChI is InChI=1S/C21H23Cl2NO3/c1-21(2,3)20(27)24-12-8-7-11-14-16(22)19(26)17(23)15(18(14)25)13-9-5-4-6-10-13/h4-6,9-10H,7-8,11-12H2,1-3H3,(H,24,27). The van der Waals surface area contributed by atoms with Crippen LogP contribution in [0, 0.1) is 5.41 Å². The summed E-state index contributed by atoms with van der Waals surface area (Å²) in [4.78, 5) is 37.1. The van der Waals surface area contributed by atoms with E-state index in [4.69, 9.17) is 23.2 Å². The fourth-order valence-electron chi connectivity index (χ4n) is 2.68. The maximum atomic E-state index is 12.9. The molecule has 4 nitrogen and oxygen atoms in total. The number of ketones is 2. The van der Waals surface area contributed by atoms with Crippen molar-refractivity contribution in [1.29, 1.82) is 0 Å². The Kier molecular flexibility index (Phi) is 7.01. The van der Waals surface area contributed by atoms with E-state index in [0.717, 1.165) is 0 Å². The third-order valence-electron chi connectivity index (χ3n) is 4.27. The molecule has 0 saturated carbocycles. The predicted molar refractivity (Wildman–Crippen MR) is 108 cm³/mol. The molecule has 0 saturated heterocycles. The molecule has 0 unspecified atom stereocenters. The maximum Gasteiger partial charge on any atom is 0.225 e. The molecule has 0 aromatic heterocycles. The lowest BCUT2D eigenvalue weighted by Crippen LogP contribution is -2.35. The van der Waals surface area contributed by atoms with Crippen molar-refractivity contribution in [2.75, 3.05) is 6.54 Å². The van der Waals surface area contributed by atoms with Crippen LogP contribution in [0.25, 0.3) is 5.57 Å². The average Bonchev–Trinajstić information content (AvgIpc) is 2.62. The molecule has 0 radical (unpaired) electrons. The number of hydrogen-bond acceptors (Lipinski definition) is 3. The van der Waals surface area contributed by atoms with Gasteiger partial charge in [-0.1, -0.05) is 74.3 Å². The number of hydrogen-bond donors (Lipinski definition) is 1. The molecule has 0 atom stereocenters. The molecule has 144 valence electrons. The molecule has 0 aliphatic heterocycles. The Labute approximate surface area is 169 Å². The number of allylic oxidation sites excluding steroid dienone is 4. The van der Waals surface area contributed by atoms with Gasteiger partial charge in [-0.05, 0) is 24.8 Å². The van der Waals surface area contributed by atoms with Gasteiger partial charge in [0.1, 0.15) is 5.03 Å². The van der Waals surface area contributed by atoms with Crippen LogP contribution in [0.1, 0.15) is 45.6 Å². The SMILES string of the molecule is CC(C)(C)C(=O)NCCCCC1=C(Cl)C(=O)C(Cl)=C(c2ccccc2)C1=O. The van der Waals surface area contributed by atoms with Gasteiger partial charge in [-0.25, -0.2) is 0 Å². The van der Waals surface area contributed by atoms with Gasteiger partial charge in [0.15, 0.2) is 5.78 Å². The molecule has 1 aliphatic rings. The first-order valence-corrected chi connectivity index (χ1v) is 9.61. The maximum absolute atomic E-state index is 12.9. The summed E-state index contributed by atoms with van der Waals surface area (Å²) in [5, 5.41) is 2.61. The van der Waals surface area contributed by atoms with Crippen molar-refractivity contribution >= 4 is 46.2 Å². The number of rotatable bonds is 6. The van der Waals surface area contributed by atoms with E-state index in [1.54, 1.807) is 24.3 Å². The van der Waals surface area contributed by atoms with Crippen LogP contribution in [0.2, 0.25) is 0 Å². The number of unbranched alkanes of at least 4 members (excludes halogenated alkanes) is 1. The van der Waals surface area contributed by atoms with E-state index in [-0.39, 0.29) is 32.9 Å². The smallest absolute Gasteiger partial charge is 0.225 e. The zero-order chi connectivity index (χ0) is 20.2. The van der Waals surface area contributed by atoms with Crippen LogP contribution in [0.5, 0.6) is 0 Å². The quantitative estimate of drug-likeness (QED) is 0.552. The molecule has 0 spiro atoms. The predicted octanol–water partition coefficient (Wildman–Crippen LogP) is 4.61. The summed E-state index contributed by atoms with van der Waals surface area (Å²) in [6.07, 6.45) is 1.65. The van der Waals surface area contributed by atoms with Crippen molar-refractivity contribution in [2.45, 2.75) is 40.0 Å². The topological polar surface area (TPSA) is 63.2 Å². The van der Waals surface area contributed by atoms with Crippen molar-refractivity contribution in [3.05, 3.63) is 51.5 Å². The second kappa shape index (κ2) is 8.85. The van der Waals surface area contributed by atoms with Gasteiger partial charge >= 0.3 is 0 Å². The molecular weight excluding hydrogens is 385 g/mol. The Morgan fingerprint density at radius 3 is 2.19 bits per heavy atom. The molecule has 2 rings (SSSR count). The Morgan fingerprint density at radius 2 is 1.59 bits per heavy atom. The van der Waals surface area contributed by atoms with Crippen LogP contribution >= 0.6 is 23.2 Å². The van der Waals surface area contributed by atoms with Crippen LogP contribution in [-0.2, 0) is 14.4 Å². The largest absolute Gasteiger partial charge is 0.356 e. The summed E-state index contributed by atoms with van der Waals surface area (Å²) in [6.45, 7) is 6.05. The number of Topliss-reactive ketones (excluding diaryl/α,β-unsaturated/α-hetero) is 2. The summed E-state index contributed by atoms with van der Waals surface area (Å²) in [7, 11) is 0. The molecule has 0 fully saturated rings. The highest BCUT2D eigenvalue weighted by Gasteiger charge is 2.33. The lowest BCUT2D eigenvalue weighted by atomic mass is 9.88. The highest BCUT2D eigenvalue weighted by atomic mass is 35.5. The fraction of sp³-hybridized carbons (Fsp3) is 0.381. The molecule has 6 heteroatoms. The molecule has 0 heterocycles. The molecule has 1 N–H and O–H groups in total. The Hall–Kier alpha value is -1.91. The van der Waals surface area contributed by atoms with E-state index in [0.29, 0.717) is 31.4 Å². The second-order valence-corrected chi connectivity index (χ2v) is 8.22. The van der Waals surface area contributed by atoms with Crippen molar-refractivity contribution < 1.29 is 14.4 Å². The van der Waals surface area contributed by atoms with Crippen LogP contribution in [0.15, 0.2) is 46.0 Å². The first-order chi connectivity index (χ1) is 12.6. The number of amides is 1. The Morgan fingerprint density at radius 1 is 0.963 bits per heavy atom. The first-order valence-electron chi connectivity index (χ1n) is 8.86.